The van der Waals surface area contributed by atoms with Crippen LogP contribution in [0, 0.1) is 11.8 Å². The van der Waals surface area contributed by atoms with Gasteiger partial charge in [0.25, 0.3) is 0 Å². The van der Waals surface area contributed by atoms with Crippen molar-refractivity contribution >= 4 is 6.21 Å². The van der Waals surface area contributed by atoms with Crippen LogP contribution in [0.25, 0.3) is 0 Å². The molecule has 0 spiro atoms. The van der Waals surface area contributed by atoms with E-state index >= 15 is 0 Å². The van der Waals surface area contributed by atoms with Crippen molar-refractivity contribution in [3.05, 3.63) is 71.3 Å². The highest BCUT2D eigenvalue weighted by Crippen LogP contribution is 2.05. The molecule has 0 fully saturated rings. The van der Waals surface area contributed by atoms with E-state index in [0.29, 0.717) is 6.42 Å². The molecule has 0 radical (unpaired) electrons. The van der Waals surface area contributed by atoms with Crippen LogP contribution in [0.15, 0.2) is 59.8 Å². The van der Waals surface area contributed by atoms with Crippen molar-refractivity contribution in [2.45, 2.75) is 6.42 Å². The summed E-state index contributed by atoms with van der Waals surface area (Å²) in [6.07, 6.45) is 2.11. The highest BCUT2D eigenvalue weighted by Gasteiger charge is 1.94. The van der Waals surface area contributed by atoms with E-state index in [1.807, 2.05) is 42.5 Å². The Morgan fingerprint density at radius 3 is 2.50 bits per heavy atom. The molecular weight excluding hydrogens is 222 g/mol. The van der Waals surface area contributed by atoms with E-state index in [-0.39, 0.29) is 0 Å². The molecule has 2 nitrogen and oxygen atoms in total. The van der Waals surface area contributed by atoms with Crippen molar-refractivity contribution in [1.82, 2.24) is 0 Å². The molecule has 0 heterocycles. The largest absolute Gasteiger partial charge is 0.411 e. The number of hydrogen-bond acceptors (Lipinski definition) is 2. The van der Waals surface area contributed by atoms with Gasteiger partial charge in [0.15, 0.2) is 0 Å². The SMILES string of the molecule is O/N=C/c1ccccc1C#CCc1ccccc1. The summed E-state index contributed by atoms with van der Waals surface area (Å²) in [5.41, 5.74) is 2.88. The van der Waals surface area contributed by atoms with Crippen molar-refractivity contribution in [3.8, 4) is 11.8 Å². The molecule has 0 aliphatic rings. The summed E-state index contributed by atoms with van der Waals surface area (Å²) in [5.74, 6) is 6.22. The topological polar surface area (TPSA) is 32.6 Å². The molecule has 1 N–H and O–H groups in total. The Morgan fingerprint density at radius 2 is 1.72 bits per heavy atom. The first kappa shape index (κ1) is 11.9. The maximum atomic E-state index is 8.57. The minimum absolute atomic E-state index is 0.714. The lowest BCUT2D eigenvalue weighted by Gasteiger charge is -1.96. The Labute approximate surface area is 107 Å². The number of oxime groups is 1. The van der Waals surface area contributed by atoms with Gasteiger partial charge in [0.2, 0.25) is 0 Å². The molecule has 0 aliphatic carbocycles. The zero-order chi connectivity index (χ0) is 12.6. The summed E-state index contributed by atoms with van der Waals surface area (Å²) in [6, 6.07) is 17.7. The van der Waals surface area contributed by atoms with E-state index < -0.39 is 0 Å². The molecule has 0 aromatic heterocycles. The molecule has 0 bridgehead atoms. The Bertz CT molecular complexity index is 591. The van der Waals surface area contributed by atoms with Crippen LogP contribution >= 0.6 is 0 Å². The quantitative estimate of drug-likeness (QED) is 0.369. The number of nitrogens with zero attached hydrogens (tertiary/aromatic N) is 1. The average molecular weight is 235 g/mol. The predicted octanol–water partition coefficient (Wildman–Crippen LogP) is 3.09. The lowest BCUT2D eigenvalue weighted by atomic mass is 10.1. The normalized spacial score (nSPS) is 10.0. The second kappa shape index (κ2) is 6.27. The molecule has 2 rings (SSSR count). The summed E-state index contributed by atoms with van der Waals surface area (Å²) in [7, 11) is 0. The molecule has 0 saturated carbocycles. The predicted molar refractivity (Wildman–Crippen MR) is 72.8 cm³/mol. The van der Waals surface area contributed by atoms with Crippen LogP contribution < -0.4 is 0 Å². The van der Waals surface area contributed by atoms with E-state index in [0.717, 1.165) is 11.1 Å². The third-order valence-electron chi connectivity index (χ3n) is 2.52. The number of rotatable bonds is 2. The minimum Gasteiger partial charge on any atom is -0.411 e. The fourth-order valence-corrected chi connectivity index (χ4v) is 1.62. The van der Waals surface area contributed by atoms with Gasteiger partial charge < -0.3 is 5.21 Å². The Hall–Kier alpha value is -2.53. The van der Waals surface area contributed by atoms with Gasteiger partial charge in [-0.25, -0.2) is 0 Å². The smallest absolute Gasteiger partial charge is 0.0746 e. The molecule has 0 saturated heterocycles. The van der Waals surface area contributed by atoms with Gasteiger partial charge in [-0.05, 0) is 11.6 Å². The summed E-state index contributed by atoms with van der Waals surface area (Å²) in [5, 5.41) is 11.6. The fraction of sp³-hybridized carbons (Fsp3) is 0.0625. The first-order valence-corrected chi connectivity index (χ1v) is 5.69. The zero-order valence-corrected chi connectivity index (χ0v) is 9.88. The lowest BCUT2D eigenvalue weighted by molar-refractivity contribution is 0.322. The first-order valence-electron chi connectivity index (χ1n) is 5.69. The lowest BCUT2D eigenvalue weighted by Crippen LogP contribution is -1.87. The molecule has 2 heteroatoms. The van der Waals surface area contributed by atoms with Crippen molar-refractivity contribution in [2.24, 2.45) is 5.16 Å². The van der Waals surface area contributed by atoms with Crippen LogP contribution in [0.1, 0.15) is 16.7 Å². The van der Waals surface area contributed by atoms with Crippen LogP contribution in [-0.4, -0.2) is 11.4 Å². The molecule has 2 aromatic rings. The van der Waals surface area contributed by atoms with Gasteiger partial charge in [0.1, 0.15) is 0 Å². The monoisotopic (exact) mass is 235 g/mol. The molecule has 18 heavy (non-hydrogen) atoms. The van der Waals surface area contributed by atoms with E-state index in [9.17, 15) is 0 Å². The van der Waals surface area contributed by atoms with Gasteiger partial charge in [-0.15, -0.1) is 0 Å². The molecule has 0 amide bonds. The minimum atomic E-state index is 0.714. The fourth-order valence-electron chi connectivity index (χ4n) is 1.62. The van der Waals surface area contributed by atoms with Crippen LogP contribution in [0.5, 0.6) is 0 Å². The van der Waals surface area contributed by atoms with Crippen LogP contribution in [0.4, 0.5) is 0 Å². The highest BCUT2D eigenvalue weighted by molar-refractivity contribution is 5.82. The maximum Gasteiger partial charge on any atom is 0.0746 e. The highest BCUT2D eigenvalue weighted by atomic mass is 16.4. The van der Waals surface area contributed by atoms with Crippen LogP contribution in [-0.2, 0) is 6.42 Å². The maximum absolute atomic E-state index is 8.57. The van der Waals surface area contributed by atoms with E-state index in [1.54, 1.807) is 0 Å². The van der Waals surface area contributed by atoms with E-state index in [2.05, 4.69) is 29.1 Å². The summed E-state index contributed by atoms with van der Waals surface area (Å²) < 4.78 is 0. The Kier molecular flexibility index (Phi) is 4.16. The summed E-state index contributed by atoms with van der Waals surface area (Å²) >= 11 is 0. The van der Waals surface area contributed by atoms with Crippen molar-refractivity contribution in [2.75, 3.05) is 0 Å². The summed E-state index contributed by atoms with van der Waals surface area (Å²) in [6.45, 7) is 0. The second-order valence-corrected chi connectivity index (χ2v) is 3.80. The zero-order valence-electron chi connectivity index (χ0n) is 9.88. The molecule has 2 aromatic carbocycles. The van der Waals surface area contributed by atoms with Gasteiger partial charge in [0, 0.05) is 17.5 Å². The molecular formula is C16H13NO. The van der Waals surface area contributed by atoms with Crippen molar-refractivity contribution in [1.29, 1.82) is 0 Å². The van der Waals surface area contributed by atoms with Gasteiger partial charge in [-0.2, -0.15) is 0 Å². The van der Waals surface area contributed by atoms with E-state index in [4.69, 9.17) is 5.21 Å². The average Bonchev–Trinajstić information content (AvgIpc) is 2.42. The number of benzene rings is 2. The van der Waals surface area contributed by atoms with Crippen LogP contribution in [0.3, 0.4) is 0 Å². The third kappa shape index (κ3) is 3.23. The number of hydrogen-bond donors (Lipinski definition) is 1. The molecule has 0 atom stereocenters. The molecule has 88 valence electrons. The molecule has 0 aliphatic heterocycles. The summed E-state index contributed by atoms with van der Waals surface area (Å²) in [4.78, 5) is 0. The first-order chi connectivity index (χ1) is 8.90. The van der Waals surface area contributed by atoms with Crippen molar-refractivity contribution in [3.63, 3.8) is 0 Å². The Balaban J connectivity index is 2.15. The molecule has 0 unspecified atom stereocenters. The van der Waals surface area contributed by atoms with Gasteiger partial charge >= 0.3 is 0 Å². The van der Waals surface area contributed by atoms with Crippen molar-refractivity contribution < 1.29 is 5.21 Å². The van der Waals surface area contributed by atoms with E-state index in [1.165, 1.54) is 11.8 Å². The van der Waals surface area contributed by atoms with Crippen LogP contribution in [0.2, 0.25) is 0 Å². The van der Waals surface area contributed by atoms with Gasteiger partial charge in [-0.1, -0.05) is 65.5 Å². The standard InChI is InChI=1S/C16H13NO/c18-17-13-16-11-5-4-10-15(16)12-6-9-14-7-2-1-3-8-14/h1-5,7-8,10-11,13,18H,9H2/b17-13+. The Morgan fingerprint density at radius 1 is 1.00 bits per heavy atom. The third-order valence-corrected chi connectivity index (χ3v) is 2.52. The van der Waals surface area contributed by atoms with Gasteiger partial charge in [0.05, 0.1) is 6.21 Å². The second-order valence-electron chi connectivity index (χ2n) is 3.80. The van der Waals surface area contributed by atoms with Gasteiger partial charge in [-0.3, -0.25) is 0 Å².